The molecule has 0 radical (unpaired) electrons. The second kappa shape index (κ2) is 11.4. The lowest BCUT2D eigenvalue weighted by atomic mass is 9.96. The number of amides is 2. The molecule has 2 aliphatic heterocycles. The molecule has 2 aromatic rings. The molecular formula is C27H36N4O5S2. The van der Waals surface area contributed by atoms with Gasteiger partial charge in [0, 0.05) is 49.7 Å². The number of likely N-dealkylation sites (N-methyl/N-ethyl adjacent to an activating group) is 1. The molecule has 1 aromatic heterocycles. The van der Waals surface area contributed by atoms with Crippen molar-refractivity contribution in [2.75, 3.05) is 52.3 Å². The molecule has 3 heterocycles. The Morgan fingerprint density at radius 1 is 1.05 bits per heavy atom. The zero-order valence-corrected chi connectivity index (χ0v) is 23.7. The minimum Gasteiger partial charge on any atom is -0.378 e. The molecule has 9 nitrogen and oxygen atoms in total. The summed E-state index contributed by atoms with van der Waals surface area (Å²) in [6.07, 6.45) is 5.75. The highest BCUT2D eigenvalue weighted by Gasteiger charge is 2.32. The van der Waals surface area contributed by atoms with Crippen molar-refractivity contribution in [2.24, 2.45) is 0 Å². The molecule has 0 unspecified atom stereocenters. The second-order valence-electron chi connectivity index (χ2n) is 10.4. The summed E-state index contributed by atoms with van der Waals surface area (Å²) in [5, 5.41) is 3.53. The van der Waals surface area contributed by atoms with E-state index < -0.39 is 10.0 Å². The molecule has 0 atom stereocenters. The molecule has 2 fully saturated rings. The molecule has 0 bridgehead atoms. The van der Waals surface area contributed by atoms with E-state index in [1.54, 1.807) is 24.1 Å². The van der Waals surface area contributed by atoms with Gasteiger partial charge >= 0.3 is 0 Å². The van der Waals surface area contributed by atoms with Gasteiger partial charge in [0.1, 0.15) is 5.00 Å². The number of rotatable bonds is 6. The Kier molecular flexibility index (Phi) is 8.20. The van der Waals surface area contributed by atoms with Gasteiger partial charge in [0.2, 0.25) is 10.0 Å². The number of sulfonamides is 1. The second-order valence-corrected chi connectivity index (χ2v) is 13.5. The first kappa shape index (κ1) is 27.3. The predicted octanol–water partition coefficient (Wildman–Crippen LogP) is 3.41. The van der Waals surface area contributed by atoms with Gasteiger partial charge in [-0.25, -0.2) is 8.42 Å². The van der Waals surface area contributed by atoms with Crippen LogP contribution in [0.3, 0.4) is 0 Å². The van der Waals surface area contributed by atoms with Crippen LogP contribution in [0.4, 0.5) is 5.00 Å². The average Bonchev–Trinajstić information content (AvgIpc) is 3.29. The van der Waals surface area contributed by atoms with Crippen molar-refractivity contribution in [3.63, 3.8) is 0 Å². The fourth-order valence-corrected chi connectivity index (χ4v) is 8.26. The summed E-state index contributed by atoms with van der Waals surface area (Å²) in [7, 11) is 0.0560. The van der Waals surface area contributed by atoms with E-state index in [2.05, 4.69) is 10.2 Å². The van der Waals surface area contributed by atoms with E-state index in [0.29, 0.717) is 42.4 Å². The molecule has 1 N–H and O–H groups in total. The van der Waals surface area contributed by atoms with Crippen LogP contribution in [0.2, 0.25) is 0 Å². The molecule has 1 saturated heterocycles. The quantitative estimate of drug-likeness (QED) is 0.582. The van der Waals surface area contributed by atoms with Crippen LogP contribution in [0, 0.1) is 0 Å². The fourth-order valence-electron chi connectivity index (χ4n) is 5.53. The monoisotopic (exact) mass is 560 g/mol. The van der Waals surface area contributed by atoms with E-state index in [4.69, 9.17) is 4.74 Å². The van der Waals surface area contributed by atoms with Crippen molar-refractivity contribution >= 4 is 38.2 Å². The van der Waals surface area contributed by atoms with Gasteiger partial charge in [0.15, 0.2) is 0 Å². The number of thiophene rings is 1. The molecule has 11 heteroatoms. The highest BCUT2D eigenvalue weighted by atomic mass is 32.2. The van der Waals surface area contributed by atoms with Gasteiger partial charge in [0.25, 0.3) is 11.8 Å². The first-order valence-electron chi connectivity index (χ1n) is 13.3. The fraction of sp³-hybridized carbons (Fsp3) is 0.556. The van der Waals surface area contributed by atoms with Crippen molar-refractivity contribution in [3.05, 3.63) is 45.8 Å². The highest BCUT2D eigenvalue weighted by molar-refractivity contribution is 7.89. The van der Waals surface area contributed by atoms with Crippen LogP contribution in [-0.4, -0.2) is 87.3 Å². The van der Waals surface area contributed by atoms with E-state index in [1.807, 2.05) is 7.05 Å². The molecule has 1 aliphatic carbocycles. The van der Waals surface area contributed by atoms with Gasteiger partial charge in [-0.2, -0.15) is 4.31 Å². The molecule has 206 valence electrons. The van der Waals surface area contributed by atoms with Gasteiger partial charge in [-0.1, -0.05) is 19.3 Å². The van der Waals surface area contributed by atoms with Crippen LogP contribution >= 0.6 is 11.3 Å². The largest absolute Gasteiger partial charge is 0.378 e. The first-order chi connectivity index (χ1) is 18.3. The van der Waals surface area contributed by atoms with Gasteiger partial charge < -0.3 is 19.9 Å². The van der Waals surface area contributed by atoms with Crippen molar-refractivity contribution < 1.29 is 22.7 Å². The Hall–Kier alpha value is -2.31. The maximum atomic E-state index is 13.5. The Bertz CT molecular complexity index is 1280. The number of nitrogens with zero attached hydrogens (tertiary/aromatic N) is 3. The maximum Gasteiger partial charge on any atom is 0.257 e. The van der Waals surface area contributed by atoms with Crippen LogP contribution in [0.5, 0.6) is 0 Å². The topological polar surface area (TPSA) is 99.3 Å². The smallest absolute Gasteiger partial charge is 0.257 e. The molecule has 2 amide bonds. The highest BCUT2D eigenvalue weighted by Crippen LogP contribution is 2.38. The van der Waals surface area contributed by atoms with Crippen LogP contribution in [-0.2, 0) is 27.7 Å². The third kappa shape index (κ3) is 5.53. The molecule has 1 saturated carbocycles. The van der Waals surface area contributed by atoms with E-state index in [9.17, 15) is 18.0 Å². The number of fused-ring (bicyclic) bond motifs is 1. The zero-order valence-electron chi connectivity index (χ0n) is 22.1. The van der Waals surface area contributed by atoms with Gasteiger partial charge in [-0.15, -0.1) is 11.3 Å². The van der Waals surface area contributed by atoms with Gasteiger partial charge in [-0.05, 0) is 56.1 Å². The van der Waals surface area contributed by atoms with Crippen LogP contribution < -0.4 is 5.32 Å². The normalized spacial score (nSPS) is 19.4. The number of ether oxygens (including phenoxy) is 1. The molecule has 5 rings (SSSR count). The molecule has 0 spiro atoms. The molecule has 3 aliphatic rings. The Labute approximate surface area is 228 Å². The van der Waals surface area contributed by atoms with Crippen molar-refractivity contribution in [2.45, 2.75) is 56.0 Å². The minimum atomic E-state index is -3.64. The Balaban J connectivity index is 1.36. The van der Waals surface area contributed by atoms with Crippen molar-refractivity contribution in [1.29, 1.82) is 0 Å². The van der Waals surface area contributed by atoms with Crippen LogP contribution in [0.15, 0.2) is 29.2 Å². The van der Waals surface area contributed by atoms with E-state index in [-0.39, 0.29) is 22.8 Å². The van der Waals surface area contributed by atoms with Crippen LogP contribution in [0.25, 0.3) is 0 Å². The lowest BCUT2D eigenvalue weighted by Gasteiger charge is -2.30. The number of anilines is 1. The predicted molar refractivity (Wildman–Crippen MR) is 147 cm³/mol. The van der Waals surface area contributed by atoms with E-state index >= 15 is 0 Å². The summed E-state index contributed by atoms with van der Waals surface area (Å²) >= 11 is 1.45. The maximum absolute atomic E-state index is 13.5. The first-order valence-corrected chi connectivity index (χ1v) is 15.6. The Morgan fingerprint density at radius 3 is 2.42 bits per heavy atom. The van der Waals surface area contributed by atoms with E-state index in [1.165, 1.54) is 27.8 Å². The summed E-state index contributed by atoms with van der Waals surface area (Å²) in [4.78, 5) is 32.1. The number of carbonyl (C=O) groups excluding carboxylic acids is 2. The summed E-state index contributed by atoms with van der Waals surface area (Å²) in [6.45, 7) is 3.66. The molecular weight excluding hydrogens is 524 g/mol. The van der Waals surface area contributed by atoms with Crippen molar-refractivity contribution in [3.8, 4) is 0 Å². The number of morpholine rings is 1. The summed E-state index contributed by atoms with van der Waals surface area (Å²) in [6, 6.07) is 6.10. The lowest BCUT2D eigenvalue weighted by Crippen LogP contribution is -2.41. The summed E-state index contributed by atoms with van der Waals surface area (Å²) < 4.78 is 33.3. The number of benzene rings is 1. The minimum absolute atomic E-state index is 0.0167. The van der Waals surface area contributed by atoms with Crippen molar-refractivity contribution in [1.82, 2.24) is 14.1 Å². The standard InChI is InChI=1S/C27H36N4O5S2/c1-29-13-12-22-23(18-29)37-26(24(22)27(33)31-14-16-36-17-15-31)28-25(32)19-8-10-21(11-9-19)38(34,35)30(2)20-6-4-3-5-7-20/h8-11,20H,3-7,12-18H2,1-2H3,(H,28,32). The zero-order chi connectivity index (χ0) is 26.9. The number of hydrogen-bond acceptors (Lipinski definition) is 7. The summed E-state index contributed by atoms with van der Waals surface area (Å²) in [5.41, 5.74) is 1.95. The average molecular weight is 561 g/mol. The number of nitrogens with one attached hydrogen (secondary N) is 1. The van der Waals surface area contributed by atoms with Gasteiger partial charge in [0.05, 0.1) is 23.7 Å². The lowest BCUT2D eigenvalue weighted by molar-refractivity contribution is 0.0303. The number of hydrogen-bond donors (Lipinski definition) is 1. The van der Waals surface area contributed by atoms with Crippen LogP contribution in [0.1, 0.15) is 63.3 Å². The summed E-state index contributed by atoms with van der Waals surface area (Å²) in [5.74, 6) is -0.435. The molecule has 38 heavy (non-hydrogen) atoms. The van der Waals surface area contributed by atoms with E-state index in [0.717, 1.165) is 62.1 Å². The van der Waals surface area contributed by atoms with Gasteiger partial charge in [-0.3, -0.25) is 9.59 Å². The third-order valence-corrected chi connectivity index (χ3v) is 10.9. The molecule has 1 aromatic carbocycles. The third-order valence-electron chi connectivity index (χ3n) is 7.87. The SMILES string of the molecule is CN1CCc2c(sc(NC(=O)c3ccc(S(=O)(=O)N(C)C4CCCCC4)cc3)c2C(=O)N2CCOCC2)C1. The Morgan fingerprint density at radius 2 is 1.74 bits per heavy atom. The number of carbonyl (C=O) groups is 2.